The molecule has 4 rings (SSSR count). The van der Waals surface area contributed by atoms with E-state index >= 15 is 0 Å². The first-order chi connectivity index (χ1) is 13.4. The highest BCUT2D eigenvalue weighted by atomic mass is 32.1. The summed E-state index contributed by atoms with van der Waals surface area (Å²) in [6.45, 7) is 5.27. The minimum Gasteiger partial charge on any atom is -0.497 e. The average Bonchev–Trinajstić information content (AvgIpc) is 2.66. The average molecular weight is 401 g/mol. The molecule has 2 aliphatic heterocycles. The van der Waals surface area contributed by atoms with Crippen molar-refractivity contribution in [1.82, 2.24) is 5.32 Å². The number of hydrogen-bond acceptors (Lipinski definition) is 5. The molecule has 2 heterocycles. The third-order valence-electron chi connectivity index (χ3n) is 4.78. The summed E-state index contributed by atoms with van der Waals surface area (Å²) in [6.07, 6.45) is 0.774. The molecule has 0 spiro atoms. The van der Waals surface area contributed by atoms with E-state index in [1.807, 2.05) is 36.4 Å². The van der Waals surface area contributed by atoms with Crippen molar-refractivity contribution in [2.75, 3.05) is 25.6 Å². The van der Waals surface area contributed by atoms with Gasteiger partial charge in [-0.1, -0.05) is 0 Å². The third-order valence-corrected chi connectivity index (χ3v) is 5.00. The fourth-order valence-electron chi connectivity index (χ4n) is 3.53. The van der Waals surface area contributed by atoms with E-state index in [4.69, 9.17) is 31.2 Å². The van der Waals surface area contributed by atoms with Gasteiger partial charge in [-0.3, -0.25) is 0 Å². The normalized spacial score (nSPS) is 19.0. The van der Waals surface area contributed by atoms with Gasteiger partial charge in [0.15, 0.2) is 16.6 Å². The molecule has 0 aromatic heterocycles. The monoisotopic (exact) mass is 400 g/mol. The minimum absolute atomic E-state index is 0.00561. The third kappa shape index (κ3) is 3.94. The standard InChI is InChI=1S/C21H24N2O4S/c1-21(2)12-16(15-11-14(24-3)5-7-17(15)27-21)23-20(28)22-13-4-6-18-19(10-13)26-9-8-25-18/h4-7,10-11,16H,8-9,12H2,1-3H3,(H2,22,23,28)/t16-/m1/s1. The smallest absolute Gasteiger partial charge is 0.171 e. The lowest BCUT2D eigenvalue weighted by molar-refractivity contribution is 0.0695. The zero-order chi connectivity index (χ0) is 19.7. The Labute approximate surface area is 170 Å². The van der Waals surface area contributed by atoms with E-state index in [0.29, 0.717) is 18.3 Å². The van der Waals surface area contributed by atoms with Gasteiger partial charge in [-0.15, -0.1) is 0 Å². The molecular formula is C21H24N2O4S. The molecule has 0 saturated heterocycles. The number of thiocarbonyl (C=S) groups is 1. The van der Waals surface area contributed by atoms with Gasteiger partial charge in [0, 0.05) is 23.7 Å². The van der Waals surface area contributed by atoms with E-state index in [9.17, 15) is 0 Å². The lowest BCUT2D eigenvalue weighted by atomic mass is 9.89. The summed E-state index contributed by atoms with van der Waals surface area (Å²) >= 11 is 5.57. The van der Waals surface area contributed by atoms with Crippen LogP contribution in [0.25, 0.3) is 0 Å². The van der Waals surface area contributed by atoms with Crippen LogP contribution in [0.4, 0.5) is 5.69 Å². The van der Waals surface area contributed by atoms with E-state index in [1.165, 1.54) is 0 Å². The van der Waals surface area contributed by atoms with Crippen molar-refractivity contribution in [2.45, 2.75) is 31.9 Å². The Morgan fingerprint density at radius 2 is 1.82 bits per heavy atom. The Morgan fingerprint density at radius 3 is 2.61 bits per heavy atom. The van der Waals surface area contributed by atoms with E-state index in [2.05, 4.69) is 24.5 Å². The summed E-state index contributed by atoms with van der Waals surface area (Å²) in [6, 6.07) is 11.6. The van der Waals surface area contributed by atoms with Crippen molar-refractivity contribution in [3.05, 3.63) is 42.0 Å². The predicted octanol–water partition coefficient (Wildman–Crippen LogP) is 4.06. The maximum absolute atomic E-state index is 6.12. The van der Waals surface area contributed by atoms with Crippen molar-refractivity contribution < 1.29 is 18.9 Å². The van der Waals surface area contributed by atoms with Crippen molar-refractivity contribution in [1.29, 1.82) is 0 Å². The lowest BCUT2D eigenvalue weighted by Gasteiger charge is -2.38. The van der Waals surface area contributed by atoms with Crippen LogP contribution in [-0.2, 0) is 0 Å². The van der Waals surface area contributed by atoms with Gasteiger partial charge in [-0.25, -0.2) is 0 Å². The highest BCUT2D eigenvalue weighted by Crippen LogP contribution is 2.41. The molecule has 0 saturated carbocycles. The topological polar surface area (TPSA) is 61.0 Å². The first-order valence-corrected chi connectivity index (χ1v) is 9.68. The Balaban J connectivity index is 1.51. The lowest BCUT2D eigenvalue weighted by Crippen LogP contribution is -2.42. The number of benzene rings is 2. The second-order valence-electron chi connectivity index (χ2n) is 7.48. The van der Waals surface area contributed by atoms with Crippen LogP contribution in [0.1, 0.15) is 31.9 Å². The van der Waals surface area contributed by atoms with E-state index in [1.54, 1.807) is 7.11 Å². The fraction of sp³-hybridized carbons (Fsp3) is 0.381. The van der Waals surface area contributed by atoms with Gasteiger partial charge in [0.05, 0.1) is 13.2 Å². The Kier molecular flexibility index (Phi) is 4.93. The molecule has 2 aromatic carbocycles. The van der Waals surface area contributed by atoms with Crippen LogP contribution in [0.3, 0.4) is 0 Å². The molecule has 0 unspecified atom stereocenters. The zero-order valence-electron chi connectivity index (χ0n) is 16.2. The highest BCUT2D eigenvalue weighted by Gasteiger charge is 2.34. The molecule has 148 valence electrons. The van der Waals surface area contributed by atoms with Gasteiger partial charge in [0.25, 0.3) is 0 Å². The SMILES string of the molecule is COc1ccc2c(c1)[C@H](NC(=S)Nc1ccc3c(c1)OCCO3)CC(C)(C)O2. The fourth-order valence-corrected chi connectivity index (χ4v) is 3.80. The Bertz CT molecular complexity index is 900. The molecular weight excluding hydrogens is 376 g/mol. The van der Waals surface area contributed by atoms with Crippen molar-refractivity contribution in [3.8, 4) is 23.0 Å². The number of fused-ring (bicyclic) bond motifs is 2. The Hall–Kier alpha value is -2.67. The second kappa shape index (κ2) is 7.39. The van der Waals surface area contributed by atoms with Crippen LogP contribution >= 0.6 is 12.2 Å². The van der Waals surface area contributed by atoms with Crippen LogP contribution in [0.2, 0.25) is 0 Å². The molecule has 0 fully saturated rings. The number of rotatable bonds is 3. The quantitative estimate of drug-likeness (QED) is 0.754. The largest absolute Gasteiger partial charge is 0.497 e. The molecule has 2 aromatic rings. The van der Waals surface area contributed by atoms with E-state index in [0.717, 1.165) is 40.7 Å². The number of hydrogen-bond donors (Lipinski definition) is 2. The molecule has 0 aliphatic carbocycles. The van der Waals surface area contributed by atoms with Crippen LogP contribution in [0, 0.1) is 0 Å². The number of nitrogens with one attached hydrogen (secondary N) is 2. The summed E-state index contributed by atoms with van der Waals surface area (Å²) < 4.78 is 22.7. The van der Waals surface area contributed by atoms with E-state index < -0.39 is 0 Å². The van der Waals surface area contributed by atoms with Gasteiger partial charge >= 0.3 is 0 Å². The van der Waals surface area contributed by atoms with Crippen LogP contribution in [0.15, 0.2) is 36.4 Å². The van der Waals surface area contributed by atoms with Crippen LogP contribution < -0.4 is 29.6 Å². The molecule has 0 bridgehead atoms. The number of ether oxygens (including phenoxy) is 4. The molecule has 28 heavy (non-hydrogen) atoms. The van der Waals surface area contributed by atoms with Crippen molar-refractivity contribution in [2.24, 2.45) is 0 Å². The van der Waals surface area contributed by atoms with Gasteiger partial charge in [-0.2, -0.15) is 0 Å². The zero-order valence-corrected chi connectivity index (χ0v) is 17.0. The molecule has 2 N–H and O–H groups in total. The second-order valence-corrected chi connectivity index (χ2v) is 7.89. The van der Waals surface area contributed by atoms with Crippen LogP contribution in [0.5, 0.6) is 23.0 Å². The van der Waals surface area contributed by atoms with Crippen molar-refractivity contribution in [3.63, 3.8) is 0 Å². The first kappa shape index (κ1) is 18.7. The molecule has 7 heteroatoms. The molecule has 1 atom stereocenters. The predicted molar refractivity (Wildman–Crippen MR) is 112 cm³/mol. The summed E-state index contributed by atoms with van der Waals surface area (Å²) in [5.41, 5.74) is 1.58. The minimum atomic E-state index is -0.300. The van der Waals surface area contributed by atoms with Gasteiger partial charge < -0.3 is 29.6 Å². The maximum atomic E-state index is 6.12. The van der Waals surface area contributed by atoms with Gasteiger partial charge in [0.1, 0.15) is 30.3 Å². The number of methoxy groups -OCH3 is 1. The molecule has 2 aliphatic rings. The summed E-state index contributed by atoms with van der Waals surface area (Å²) in [7, 11) is 1.66. The summed E-state index contributed by atoms with van der Waals surface area (Å²) in [5, 5.41) is 7.20. The summed E-state index contributed by atoms with van der Waals surface area (Å²) in [4.78, 5) is 0. The molecule has 0 amide bonds. The van der Waals surface area contributed by atoms with Crippen LogP contribution in [-0.4, -0.2) is 31.0 Å². The van der Waals surface area contributed by atoms with E-state index in [-0.39, 0.29) is 11.6 Å². The Morgan fingerprint density at radius 1 is 1.07 bits per heavy atom. The number of anilines is 1. The molecule has 0 radical (unpaired) electrons. The maximum Gasteiger partial charge on any atom is 0.171 e. The van der Waals surface area contributed by atoms with Crippen molar-refractivity contribution >= 4 is 23.0 Å². The highest BCUT2D eigenvalue weighted by molar-refractivity contribution is 7.80. The summed E-state index contributed by atoms with van der Waals surface area (Å²) in [5.74, 6) is 3.11. The molecule has 6 nitrogen and oxygen atoms in total. The first-order valence-electron chi connectivity index (χ1n) is 9.28. The van der Waals surface area contributed by atoms with Gasteiger partial charge in [-0.05, 0) is 56.4 Å². The van der Waals surface area contributed by atoms with Gasteiger partial charge in [0.2, 0.25) is 0 Å².